The monoisotopic (exact) mass is 232 g/mol. The summed E-state index contributed by atoms with van der Waals surface area (Å²) in [4.78, 5) is 0. The fourth-order valence-electron chi connectivity index (χ4n) is 1.45. The van der Waals surface area contributed by atoms with E-state index in [1.807, 2.05) is 0 Å². The summed E-state index contributed by atoms with van der Waals surface area (Å²) in [6, 6.07) is 0. The number of rotatable bonds is 10. The maximum absolute atomic E-state index is 4.08. The van der Waals surface area contributed by atoms with Gasteiger partial charge in [0.15, 0.2) is 0 Å². The molecule has 14 heavy (non-hydrogen) atoms. The average molecular weight is 232 g/mol. The topological polar surface area (TPSA) is 0 Å². The predicted octanol–water partition coefficient (Wildman–Crippen LogP) is 5.26. The van der Waals surface area contributed by atoms with Gasteiger partial charge in [0, 0.05) is 5.75 Å². The summed E-state index contributed by atoms with van der Waals surface area (Å²) in [5, 5.41) is 0. The summed E-state index contributed by atoms with van der Waals surface area (Å²) < 4.78 is 0. The summed E-state index contributed by atoms with van der Waals surface area (Å²) in [5.41, 5.74) is 0. The van der Waals surface area contributed by atoms with Gasteiger partial charge in [-0.25, -0.2) is 0 Å². The Hall–Kier alpha value is 0.440. The van der Waals surface area contributed by atoms with Crippen molar-refractivity contribution in [3.8, 4) is 0 Å². The van der Waals surface area contributed by atoms with E-state index in [2.05, 4.69) is 30.7 Å². The first-order chi connectivity index (χ1) is 6.91. The van der Waals surface area contributed by atoms with E-state index in [1.54, 1.807) is 10.8 Å². The van der Waals surface area contributed by atoms with Crippen LogP contribution in [0.3, 0.4) is 0 Å². The molecule has 0 fully saturated rings. The van der Waals surface area contributed by atoms with Crippen molar-refractivity contribution >= 4 is 22.5 Å². The Balaban J connectivity index is 2.91. The standard InChI is InChI=1S/C12H24S2/c1-2-3-4-5-6-7-8-9-10-11-12-14-13/h10-11,13H,2-9,12H2,1H3/b11-10+. The van der Waals surface area contributed by atoms with Crippen LogP contribution in [0.5, 0.6) is 0 Å². The highest BCUT2D eigenvalue weighted by Crippen LogP contribution is 2.09. The normalized spacial score (nSPS) is 11.3. The first kappa shape index (κ1) is 14.4. The van der Waals surface area contributed by atoms with Gasteiger partial charge in [-0.2, -0.15) is 0 Å². The fraction of sp³-hybridized carbons (Fsp3) is 0.833. The SMILES string of the molecule is CCCCCCCCC/C=C/CSS. The Labute approximate surface area is 98.7 Å². The molecule has 84 valence electrons. The highest BCUT2D eigenvalue weighted by atomic mass is 33.1. The van der Waals surface area contributed by atoms with E-state index in [0.717, 1.165) is 5.75 Å². The smallest absolute Gasteiger partial charge is 0.0215 e. The van der Waals surface area contributed by atoms with Crippen molar-refractivity contribution in [1.82, 2.24) is 0 Å². The first-order valence-electron chi connectivity index (χ1n) is 5.83. The highest BCUT2D eigenvalue weighted by Gasteiger charge is 1.88. The van der Waals surface area contributed by atoms with E-state index < -0.39 is 0 Å². The minimum atomic E-state index is 1.04. The lowest BCUT2D eigenvalue weighted by molar-refractivity contribution is 0.592. The lowest BCUT2D eigenvalue weighted by Crippen LogP contribution is -1.79. The van der Waals surface area contributed by atoms with Crippen LogP contribution in [0.2, 0.25) is 0 Å². The second kappa shape index (κ2) is 13.4. The first-order valence-corrected chi connectivity index (χ1v) is 7.87. The van der Waals surface area contributed by atoms with Gasteiger partial charge in [0.05, 0.1) is 0 Å². The van der Waals surface area contributed by atoms with Crippen LogP contribution in [-0.4, -0.2) is 5.75 Å². The Morgan fingerprint density at radius 3 is 2.21 bits per heavy atom. The van der Waals surface area contributed by atoms with E-state index in [4.69, 9.17) is 0 Å². The predicted molar refractivity (Wildman–Crippen MR) is 73.2 cm³/mol. The van der Waals surface area contributed by atoms with Crippen molar-refractivity contribution in [3.05, 3.63) is 12.2 Å². The molecule has 0 saturated heterocycles. The minimum Gasteiger partial charge on any atom is -0.111 e. The molecule has 0 bridgehead atoms. The van der Waals surface area contributed by atoms with Crippen molar-refractivity contribution in [2.75, 3.05) is 5.75 Å². The zero-order chi connectivity index (χ0) is 10.5. The number of hydrogen-bond donors (Lipinski definition) is 1. The largest absolute Gasteiger partial charge is 0.111 e. The second-order valence-corrected chi connectivity index (χ2v) is 5.04. The molecule has 0 aliphatic heterocycles. The molecule has 0 aromatic carbocycles. The summed E-state index contributed by atoms with van der Waals surface area (Å²) in [6.07, 6.45) is 15.6. The van der Waals surface area contributed by atoms with Crippen LogP contribution >= 0.6 is 22.5 Å². The van der Waals surface area contributed by atoms with Crippen molar-refractivity contribution in [1.29, 1.82) is 0 Å². The molecule has 2 heteroatoms. The molecule has 0 N–H and O–H groups in total. The third kappa shape index (κ3) is 12.4. The van der Waals surface area contributed by atoms with Crippen LogP contribution in [0, 0.1) is 0 Å². The van der Waals surface area contributed by atoms with Gasteiger partial charge in [-0.1, -0.05) is 68.4 Å². The molecule has 0 nitrogen and oxygen atoms in total. The molecule has 0 radical (unpaired) electrons. The van der Waals surface area contributed by atoms with E-state index in [1.165, 1.54) is 51.4 Å². The molecule has 0 aromatic heterocycles. The summed E-state index contributed by atoms with van der Waals surface area (Å²) in [5.74, 6) is 1.04. The second-order valence-electron chi connectivity index (χ2n) is 3.68. The van der Waals surface area contributed by atoms with Crippen LogP contribution in [0.25, 0.3) is 0 Å². The quantitative estimate of drug-likeness (QED) is 0.232. The number of thiol groups is 1. The molecule has 0 rings (SSSR count). The molecular weight excluding hydrogens is 208 g/mol. The lowest BCUT2D eigenvalue weighted by Gasteiger charge is -1.98. The molecule has 0 aromatic rings. The van der Waals surface area contributed by atoms with Crippen molar-refractivity contribution in [2.45, 2.75) is 58.3 Å². The van der Waals surface area contributed by atoms with E-state index in [0.29, 0.717) is 0 Å². The van der Waals surface area contributed by atoms with E-state index in [9.17, 15) is 0 Å². The molecule has 0 saturated carbocycles. The Kier molecular flexibility index (Phi) is 13.9. The summed E-state index contributed by atoms with van der Waals surface area (Å²) in [7, 11) is 1.59. The van der Waals surface area contributed by atoms with Gasteiger partial charge < -0.3 is 0 Å². The van der Waals surface area contributed by atoms with Gasteiger partial charge in [0.25, 0.3) is 0 Å². The van der Waals surface area contributed by atoms with Gasteiger partial charge in [-0.15, -0.1) is 11.7 Å². The van der Waals surface area contributed by atoms with Crippen LogP contribution in [0.1, 0.15) is 58.3 Å². The van der Waals surface area contributed by atoms with Crippen LogP contribution in [0.4, 0.5) is 0 Å². The summed E-state index contributed by atoms with van der Waals surface area (Å²) >= 11 is 4.08. The Morgan fingerprint density at radius 2 is 1.57 bits per heavy atom. The van der Waals surface area contributed by atoms with Gasteiger partial charge in [0.1, 0.15) is 0 Å². The van der Waals surface area contributed by atoms with Gasteiger partial charge in [0.2, 0.25) is 0 Å². The fourth-order valence-corrected chi connectivity index (χ4v) is 1.93. The van der Waals surface area contributed by atoms with Crippen molar-refractivity contribution in [2.24, 2.45) is 0 Å². The van der Waals surface area contributed by atoms with E-state index >= 15 is 0 Å². The maximum atomic E-state index is 4.08. The van der Waals surface area contributed by atoms with Crippen molar-refractivity contribution in [3.63, 3.8) is 0 Å². The molecule has 0 amide bonds. The van der Waals surface area contributed by atoms with Gasteiger partial charge in [-0.05, 0) is 12.8 Å². The van der Waals surface area contributed by atoms with Crippen LogP contribution in [-0.2, 0) is 0 Å². The minimum absolute atomic E-state index is 1.04. The van der Waals surface area contributed by atoms with Crippen LogP contribution in [0.15, 0.2) is 12.2 Å². The Morgan fingerprint density at radius 1 is 0.929 bits per heavy atom. The third-order valence-corrected chi connectivity index (χ3v) is 3.10. The molecule has 0 unspecified atom stereocenters. The molecule has 0 aliphatic carbocycles. The van der Waals surface area contributed by atoms with E-state index in [-0.39, 0.29) is 0 Å². The molecular formula is C12H24S2. The maximum Gasteiger partial charge on any atom is 0.0215 e. The highest BCUT2D eigenvalue weighted by molar-refractivity contribution is 8.68. The zero-order valence-electron chi connectivity index (χ0n) is 9.37. The molecule has 0 spiro atoms. The number of unbranched alkanes of at least 4 members (excludes halogenated alkanes) is 7. The molecule has 0 atom stereocenters. The lowest BCUT2D eigenvalue weighted by atomic mass is 10.1. The van der Waals surface area contributed by atoms with Gasteiger partial charge >= 0.3 is 0 Å². The average Bonchev–Trinajstić information content (AvgIpc) is 2.21. The number of hydrogen-bond acceptors (Lipinski definition) is 2. The number of allylic oxidation sites excluding steroid dienone is 1. The van der Waals surface area contributed by atoms with Crippen molar-refractivity contribution < 1.29 is 0 Å². The third-order valence-electron chi connectivity index (χ3n) is 2.31. The van der Waals surface area contributed by atoms with Gasteiger partial charge in [-0.3, -0.25) is 0 Å². The molecule has 0 heterocycles. The zero-order valence-corrected chi connectivity index (χ0v) is 11.1. The van der Waals surface area contributed by atoms with Crippen LogP contribution < -0.4 is 0 Å². The Bertz CT molecular complexity index is 121. The molecule has 0 aliphatic rings. The summed E-state index contributed by atoms with van der Waals surface area (Å²) in [6.45, 7) is 2.27.